The van der Waals surface area contributed by atoms with Crippen molar-refractivity contribution >= 4 is 6.09 Å². The number of hydrogen-bond acceptors (Lipinski definition) is 4. The summed E-state index contributed by atoms with van der Waals surface area (Å²) >= 11 is 0. The van der Waals surface area contributed by atoms with Gasteiger partial charge < -0.3 is 20.3 Å². The van der Waals surface area contributed by atoms with Gasteiger partial charge in [0, 0.05) is 37.8 Å². The monoisotopic (exact) mass is 313 g/mol. The molecular weight excluding hydrogens is 278 g/mol. The Bertz CT molecular complexity index is 345. The number of carbonyl (C=O) groups excluding carboxylic acids is 1. The van der Waals surface area contributed by atoms with Gasteiger partial charge in [-0.05, 0) is 60.8 Å². The maximum Gasteiger partial charge on any atom is 0.410 e. The van der Waals surface area contributed by atoms with Gasteiger partial charge in [0.05, 0.1) is 0 Å². The molecule has 0 radical (unpaired) electrons. The van der Waals surface area contributed by atoms with Crippen LogP contribution in [0.1, 0.15) is 60.8 Å². The van der Waals surface area contributed by atoms with Gasteiger partial charge in [-0.25, -0.2) is 4.79 Å². The van der Waals surface area contributed by atoms with E-state index in [2.05, 4.69) is 31.4 Å². The van der Waals surface area contributed by atoms with E-state index in [9.17, 15) is 4.79 Å². The maximum absolute atomic E-state index is 12.1. The predicted octanol–water partition coefficient (Wildman–Crippen LogP) is 2.75. The average Bonchev–Trinajstić information content (AvgIpc) is 2.57. The van der Waals surface area contributed by atoms with Crippen molar-refractivity contribution in [2.45, 2.75) is 78.0 Å². The van der Waals surface area contributed by atoms with Crippen LogP contribution < -0.4 is 10.6 Å². The molecule has 2 N–H and O–H groups in total. The van der Waals surface area contributed by atoms with Crippen molar-refractivity contribution in [2.24, 2.45) is 0 Å². The summed E-state index contributed by atoms with van der Waals surface area (Å²) in [7, 11) is 0. The van der Waals surface area contributed by atoms with Crippen molar-refractivity contribution in [3.63, 3.8) is 0 Å². The Morgan fingerprint density at radius 3 is 2.36 bits per heavy atom. The molecule has 5 nitrogen and oxygen atoms in total. The number of nitrogens with zero attached hydrogens (tertiary/aromatic N) is 1. The lowest BCUT2D eigenvalue weighted by Gasteiger charge is -2.26. The fraction of sp³-hybridized carbons (Fsp3) is 0.941. The van der Waals surface area contributed by atoms with Crippen molar-refractivity contribution < 1.29 is 9.53 Å². The molecule has 1 amide bonds. The number of rotatable bonds is 4. The van der Waals surface area contributed by atoms with Gasteiger partial charge in [-0.15, -0.1) is 0 Å². The van der Waals surface area contributed by atoms with Crippen LogP contribution in [0.25, 0.3) is 0 Å². The first-order chi connectivity index (χ1) is 10.1. The molecule has 1 atom stereocenters. The molecule has 0 saturated carbocycles. The number of amides is 1. The first kappa shape index (κ1) is 19.2. The molecule has 1 saturated heterocycles. The standard InChI is InChI=1S/C17H35N3O2/c1-16(2,3)19-11-10-18-14-8-7-12-20(13-9-14)15(21)22-17(4,5)6/h14,18-19H,7-13H2,1-6H3. The number of hydrogen-bond donors (Lipinski definition) is 2. The Morgan fingerprint density at radius 2 is 1.77 bits per heavy atom. The molecule has 0 aromatic carbocycles. The lowest BCUT2D eigenvalue weighted by atomic mass is 10.1. The molecule has 0 aromatic heterocycles. The second kappa shape index (κ2) is 8.16. The number of likely N-dealkylation sites (tertiary alicyclic amines) is 1. The predicted molar refractivity (Wildman–Crippen MR) is 91.2 cm³/mol. The number of ether oxygens (including phenoxy) is 1. The molecule has 0 bridgehead atoms. The minimum absolute atomic E-state index is 0.165. The van der Waals surface area contributed by atoms with Crippen LogP contribution in [0.4, 0.5) is 4.79 Å². The Labute approximate surface area is 136 Å². The molecular formula is C17H35N3O2. The molecule has 22 heavy (non-hydrogen) atoms. The van der Waals surface area contributed by atoms with E-state index in [-0.39, 0.29) is 11.6 Å². The van der Waals surface area contributed by atoms with Crippen LogP contribution in [0.5, 0.6) is 0 Å². The lowest BCUT2D eigenvalue weighted by Crippen LogP contribution is -2.42. The summed E-state index contributed by atoms with van der Waals surface area (Å²) in [6, 6.07) is 0.495. The van der Waals surface area contributed by atoms with E-state index in [1.54, 1.807) is 0 Å². The second-order valence-electron chi connectivity index (χ2n) is 8.23. The summed E-state index contributed by atoms with van der Waals surface area (Å²) < 4.78 is 5.46. The maximum atomic E-state index is 12.1. The first-order valence-electron chi connectivity index (χ1n) is 8.53. The minimum atomic E-state index is -0.417. The molecule has 130 valence electrons. The van der Waals surface area contributed by atoms with Crippen LogP contribution in [-0.4, -0.2) is 54.4 Å². The largest absolute Gasteiger partial charge is 0.444 e. The Morgan fingerprint density at radius 1 is 1.09 bits per heavy atom. The van der Waals surface area contributed by atoms with Crippen LogP contribution in [0.2, 0.25) is 0 Å². The van der Waals surface area contributed by atoms with E-state index in [0.29, 0.717) is 6.04 Å². The van der Waals surface area contributed by atoms with Gasteiger partial charge in [-0.1, -0.05) is 0 Å². The molecule has 5 heteroatoms. The van der Waals surface area contributed by atoms with Gasteiger partial charge in [0.2, 0.25) is 0 Å². The van der Waals surface area contributed by atoms with Gasteiger partial charge in [-0.2, -0.15) is 0 Å². The van der Waals surface area contributed by atoms with Gasteiger partial charge in [0.1, 0.15) is 5.60 Å². The Hall–Kier alpha value is -0.810. The summed E-state index contributed by atoms with van der Waals surface area (Å²) in [5.41, 5.74) is -0.252. The van der Waals surface area contributed by atoms with Crippen LogP contribution in [0, 0.1) is 0 Å². The number of nitrogens with one attached hydrogen (secondary N) is 2. The minimum Gasteiger partial charge on any atom is -0.444 e. The van der Waals surface area contributed by atoms with E-state index < -0.39 is 5.60 Å². The second-order valence-corrected chi connectivity index (χ2v) is 8.23. The molecule has 0 spiro atoms. The highest BCUT2D eigenvalue weighted by molar-refractivity contribution is 5.68. The van der Waals surface area contributed by atoms with E-state index in [4.69, 9.17) is 4.74 Å². The topological polar surface area (TPSA) is 53.6 Å². The van der Waals surface area contributed by atoms with Crippen LogP contribution >= 0.6 is 0 Å². The van der Waals surface area contributed by atoms with Crippen LogP contribution in [0.3, 0.4) is 0 Å². The summed E-state index contributed by atoms with van der Waals surface area (Å²) in [5, 5.41) is 7.08. The zero-order chi connectivity index (χ0) is 16.8. The molecule has 1 heterocycles. The van der Waals surface area contributed by atoms with Crippen molar-refractivity contribution in [1.29, 1.82) is 0 Å². The van der Waals surface area contributed by atoms with Gasteiger partial charge in [-0.3, -0.25) is 0 Å². The normalized spacial score (nSPS) is 20.6. The fourth-order valence-electron chi connectivity index (χ4n) is 2.52. The molecule has 1 aliphatic heterocycles. The quantitative estimate of drug-likeness (QED) is 0.784. The average molecular weight is 313 g/mol. The van der Waals surface area contributed by atoms with Crippen molar-refractivity contribution in [2.75, 3.05) is 26.2 Å². The van der Waals surface area contributed by atoms with Crippen molar-refractivity contribution in [1.82, 2.24) is 15.5 Å². The highest BCUT2D eigenvalue weighted by Gasteiger charge is 2.24. The van der Waals surface area contributed by atoms with Gasteiger partial charge >= 0.3 is 6.09 Å². The molecule has 0 aliphatic carbocycles. The van der Waals surface area contributed by atoms with E-state index in [1.807, 2.05) is 25.7 Å². The zero-order valence-electron chi connectivity index (χ0n) is 15.3. The lowest BCUT2D eigenvalue weighted by molar-refractivity contribution is 0.0256. The van der Waals surface area contributed by atoms with Crippen LogP contribution in [-0.2, 0) is 4.74 Å². The number of carbonyl (C=O) groups is 1. The van der Waals surface area contributed by atoms with E-state index >= 15 is 0 Å². The molecule has 1 aliphatic rings. The molecule has 1 rings (SSSR count). The molecule has 1 unspecified atom stereocenters. The fourth-order valence-corrected chi connectivity index (χ4v) is 2.52. The first-order valence-corrected chi connectivity index (χ1v) is 8.53. The van der Waals surface area contributed by atoms with Crippen molar-refractivity contribution in [3.05, 3.63) is 0 Å². The summed E-state index contributed by atoms with van der Waals surface area (Å²) in [6.07, 6.45) is 2.97. The van der Waals surface area contributed by atoms with Crippen molar-refractivity contribution in [3.8, 4) is 0 Å². The SMILES string of the molecule is CC(C)(C)NCCNC1CCCN(C(=O)OC(C)(C)C)CC1. The highest BCUT2D eigenvalue weighted by atomic mass is 16.6. The van der Waals surface area contributed by atoms with E-state index in [0.717, 1.165) is 45.4 Å². The summed E-state index contributed by atoms with van der Waals surface area (Å²) in [5.74, 6) is 0. The Balaban J connectivity index is 2.29. The van der Waals surface area contributed by atoms with E-state index in [1.165, 1.54) is 0 Å². The third kappa shape index (κ3) is 8.59. The third-order valence-corrected chi connectivity index (χ3v) is 3.59. The smallest absolute Gasteiger partial charge is 0.410 e. The van der Waals surface area contributed by atoms with Crippen LogP contribution in [0.15, 0.2) is 0 Å². The third-order valence-electron chi connectivity index (χ3n) is 3.59. The summed E-state index contributed by atoms with van der Waals surface area (Å²) in [6.45, 7) is 15.8. The highest BCUT2D eigenvalue weighted by Crippen LogP contribution is 2.15. The summed E-state index contributed by atoms with van der Waals surface area (Å²) in [4.78, 5) is 14.0. The molecule has 1 fully saturated rings. The van der Waals surface area contributed by atoms with Gasteiger partial charge in [0.25, 0.3) is 0 Å². The van der Waals surface area contributed by atoms with Gasteiger partial charge in [0.15, 0.2) is 0 Å². The Kier molecular flexibility index (Phi) is 7.13. The molecule has 0 aromatic rings. The zero-order valence-corrected chi connectivity index (χ0v) is 15.3.